The Kier molecular flexibility index (Phi) is 5.38. The molecule has 0 saturated carbocycles. The monoisotopic (exact) mass is 290 g/mol. The highest BCUT2D eigenvalue weighted by molar-refractivity contribution is 5.55. The van der Waals surface area contributed by atoms with Gasteiger partial charge in [0.05, 0.1) is 0 Å². The molecule has 0 amide bonds. The zero-order valence-electron chi connectivity index (χ0n) is 14.0. The van der Waals surface area contributed by atoms with Gasteiger partial charge in [0.25, 0.3) is 0 Å². The minimum atomic E-state index is 0.609. The lowest BCUT2D eigenvalue weighted by Crippen LogP contribution is -2.07. The molecule has 2 aromatic rings. The highest BCUT2D eigenvalue weighted by Gasteiger charge is 2.10. The molecule has 0 nitrogen and oxygen atoms in total. The molecular weight excluding hydrogens is 264 g/mol. The third kappa shape index (κ3) is 3.57. The highest BCUT2D eigenvalue weighted by atomic mass is 14.2. The Hall–Kier alpha value is -2.08. The second kappa shape index (κ2) is 7.26. The van der Waals surface area contributed by atoms with Crippen molar-refractivity contribution in [3.63, 3.8) is 0 Å². The van der Waals surface area contributed by atoms with E-state index in [2.05, 4.69) is 70.3 Å². The smallest absolute Gasteiger partial charge is 0.0230 e. The molecule has 0 unspecified atom stereocenters. The van der Waals surface area contributed by atoms with E-state index in [1.807, 2.05) is 12.2 Å². The number of benzene rings is 2. The quantitative estimate of drug-likeness (QED) is 0.611. The van der Waals surface area contributed by atoms with Crippen LogP contribution in [0.2, 0.25) is 0 Å². The zero-order chi connectivity index (χ0) is 16.1. The van der Waals surface area contributed by atoms with E-state index < -0.39 is 0 Å². The van der Waals surface area contributed by atoms with Crippen molar-refractivity contribution in [3.05, 3.63) is 82.9 Å². The van der Waals surface area contributed by atoms with Crippen LogP contribution in [0.3, 0.4) is 0 Å². The number of hydrogen-bond acceptors (Lipinski definition) is 0. The van der Waals surface area contributed by atoms with E-state index in [1.54, 1.807) is 0 Å². The average Bonchev–Trinajstić information content (AvgIpc) is 2.51. The molecule has 0 heterocycles. The van der Waals surface area contributed by atoms with Gasteiger partial charge in [-0.05, 0) is 66.0 Å². The van der Waals surface area contributed by atoms with Crippen LogP contribution in [0.1, 0.15) is 40.3 Å². The van der Waals surface area contributed by atoms with Crippen LogP contribution in [0.5, 0.6) is 0 Å². The van der Waals surface area contributed by atoms with Crippen molar-refractivity contribution in [2.24, 2.45) is 5.92 Å². The van der Waals surface area contributed by atoms with Gasteiger partial charge < -0.3 is 0 Å². The average molecular weight is 290 g/mol. The van der Waals surface area contributed by atoms with Gasteiger partial charge in [0.2, 0.25) is 0 Å². The van der Waals surface area contributed by atoms with Gasteiger partial charge in [0.1, 0.15) is 0 Å². The van der Waals surface area contributed by atoms with E-state index in [4.69, 9.17) is 0 Å². The van der Waals surface area contributed by atoms with E-state index in [0.29, 0.717) is 5.92 Å². The molecule has 0 aliphatic carbocycles. The fourth-order valence-corrected chi connectivity index (χ4v) is 3.11. The molecule has 0 spiro atoms. The van der Waals surface area contributed by atoms with Gasteiger partial charge in [0, 0.05) is 0 Å². The first-order valence-electron chi connectivity index (χ1n) is 7.98. The lowest BCUT2D eigenvalue weighted by Gasteiger charge is -2.17. The zero-order valence-corrected chi connectivity index (χ0v) is 14.0. The number of hydrogen-bond donors (Lipinski definition) is 0. The lowest BCUT2D eigenvalue weighted by molar-refractivity contribution is 0.574. The Morgan fingerprint density at radius 1 is 0.818 bits per heavy atom. The van der Waals surface area contributed by atoms with Gasteiger partial charge in [-0.3, -0.25) is 0 Å². The largest absolute Gasteiger partial charge is 0.0985 e. The van der Waals surface area contributed by atoms with Crippen LogP contribution >= 0.6 is 0 Å². The van der Waals surface area contributed by atoms with Gasteiger partial charge in [0.15, 0.2) is 0 Å². The van der Waals surface area contributed by atoms with Crippen molar-refractivity contribution in [2.75, 3.05) is 0 Å². The van der Waals surface area contributed by atoms with Gasteiger partial charge in [-0.2, -0.15) is 0 Å². The SMILES string of the molecule is C=Cc1cccc(CC(C)Cc2cccc(C=C)c2C)c1C. The Morgan fingerprint density at radius 3 is 1.59 bits per heavy atom. The van der Waals surface area contributed by atoms with E-state index in [0.717, 1.165) is 12.8 Å². The molecule has 0 radical (unpaired) electrons. The summed E-state index contributed by atoms with van der Waals surface area (Å²) in [5.41, 5.74) is 8.08. The first-order valence-corrected chi connectivity index (χ1v) is 7.98. The van der Waals surface area contributed by atoms with Gasteiger partial charge in [-0.1, -0.05) is 68.6 Å². The molecule has 0 aliphatic heterocycles. The molecule has 2 rings (SSSR count). The van der Waals surface area contributed by atoms with Crippen LogP contribution in [0.15, 0.2) is 49.6 Å². The maximum Gasteiger partial charge on any atom is -0.0230 e. The maximum atomic E-state index is 3.90. The number of rotatable bonds is 6. The van der Waals surface area contributed by atoms with E-state index in [-0.39, 0.29) is 0 Å². The van der Waals surface area contributed by atoms with Crippen molar-refractivity contribution in [2.45, 2.75) is 33.6 Å². The fraction of sp³-hybridized carbons (Fsp3) is 0.273. The topological polar surface area (TPSA) is 0 Å². The summed E-state index contributed by atoms with van der Waals surface area (Å²) in [6.07, 6.45) is 6.10. The predicted molar refractivity (Wildman–Crippen MR) is 99.1 cm³/mol. The minimum Gasteiger partial charge on any atom is -0.0985 e. The van der Waals surface area contributed by atoms with Crippen LogP contribution in [0.25, 0.3) is 12.2 Å². The fourth-order valence-electron chi connectivity index (χ4n) is 3.11. The molecule has 0 heteroatoms. The van der Waals surface area contributed by atoms with Crippen molar-refractivity contribution < 1.29 is 0 Å². The van der Waals surface area contributed by atoms with Crippen LogP contribution in [0.4, 0.5) is 0 Å². The van der Waals surface area contributed by atoms with Crippen LogP contribution in [-0.4, -0.2) is 0 Å². The van der Waals surface area contributed by atoms with E-state index >= 15 is 0 Å². The van der Waals surface area contributed by atoms with Crippen molar-refractivity contribution in [3.8, 4) is 0 Å². The summed E-state index contributed by atoms with van der Waals surface area (Å²) in [6, 6.07) is 13.0. The van der Waals surface area contributed by atoms with E-state index in [9.17, 15) is 0 Å². The predicted octanol–water partition coefficient (Wildman–Crippen LogP) is 6.01. The molecule has 0 N–H and O–H groups in total. The first kappa shape index (κ1) is 16.3. The Labute approximate surface area is 135 Å². The molecule has 0 bridgehead atoms. The summed E-state index contributed by atoms with van der Waals surface area (Å²) in [4.78, 5) is 0. The third-order valence-electron chi connectivity index (χ3n) is 4.55. The Morgan fingerprint density at radius 2 is 1.23 bits per heavy atom. The molecule has 22 heavy (non-hydrogen) atoms. The van der Waals surface area contributed by atoms with Crippen molar-refractivity contribution in [1.82, 2.24) is 0 Å². The first-order chi connectivity index (χ1) is 10.6. The summed E-state index contributed by atoms with van der Waals surface area (Å²) < 4.78 is 0. The molecule has 0 atom stereocenters. The third-order valence-corrected chi connectivity index (χ3v) is 4.55. The second-order valence-corrected chi connectivity index (χ2v) is 6.18. The minimum absolute atomic E-state index is 0.609. The van der Waals surface area contributed by atoms with Crippen LogP contribution < -0.4 is 0 Å². The second-order valence-electron chi connectivity index (χ2n) is 6.18. The summed E-state index contributed by atoms with van der Waals surface area (Å²) in [6.45, 7) is 14.5. The van der Waals surface area contributed by atoms with Gasteiger partial charge in [-0.15, -0.1) is 0 Å². The van der Waals surface area contributed by atoms with Crippen molar-refractivity contribution >= 4 is 12.2 Å². The maximum absolute atomic E-state index is 3.90. The normalized spacial score (nSPS) is 10.7. The standard InChI is InChI=1S/C22H26/c1-6-19-10-8-12-21(17(19)4)14-16(3)15-22-13-9-11-20(7-2)18(22)5/h6-13,16H,1-2,14-15H2,3-5H3. The lowest BCUT2D eigenvalue weighted by atomic mass is 9.88. The highest BCUT2D eigenvalue weighted by Crippen LogP contribution is 2.23. The molecule has 114 valence electrons. The molecular formula is C22H26. The molecule has 0 saturated heterocycles. The summed E-state index contributed by atoms with van der Waals surface area (Å²) in [5.74, 6) is 0.609. The Bertz CT molecular complexity index is 617. The van der Waals surface area contributed by atoms with E-state index in [1.165, 1.54) is 33.4 Å². The van der Waals surface area contributed by atoms with Gasteiger partial charge in [-0.25, -0.2) is 0 Å². The molecule has 0 aliphatic rings. The van der Waals surface area contributed by atoms with Crippen molar-refractivity contribution in [1.29, 1.82) is 0 Å². The summed E-state index contributed by atoms with van der Waals surface area (Å²) in [7, 11) is 0. The summed E-state index contributed by atoms with van der Waals surface area (Å²) >= 11 is 0. The Balaban J connectivity index is 2.16. The molecule has 2 aromatic carbocycles. The van der Waals surface area contributed by atoms with Gasteiger partial charge >= 0.3 is 0 Å². The van der Waals surface area contributed by atoms with Crippen LogP contribution in [-0.2, 0) is 12.8 Å². The van der Waals surface area contributed by atoms with Crippen LogP contribution in [0, 0.1) is 19.8 Å². The molecule has 0 aromatic heterocycles. The summed E-state index contributed by atoms with van der Waals surface area (Å²) in [5, 5.41) is 0. The molecule has 0 fully saturated rings.